The van der Waals surface area contributed by atoms with Crippen molar-refractivity contribution in [1.29, 1.82) is 0 Å². The molecule has 0 spiro atoms. The maximum Gasteiger partial charge on any atom is 0.410 e. The van der Waals surface area contributed by atoms with Gasteiger partial charge in [-0.2, -0.15) is 8.42 Å². The fourth-order valence-corrected chi connectivity index (χ4v) is 13.8. The zero-order chi connectivity index (χ0) is 72.6. The Balaban J connectivity index is 0.000000269. The summed E-state index contributed by atoms with van der Waals surface area (Å²) in [7, 11) is -8.30. The second-order valence-corrected chi connectivity index (χ2v) is 34.9. The van der Waals surface area contributed by atoms with Crippen LogP contribution >= 0.6 is 55.1 Å². The second kappa shape index (κ2) is 31.7. The van der Waals surface area contributed by atoms with Crippen molar-refractivity contribution in [3.63, 3.8) is 0 Å². The molecule has 23 nitrogen and oxygen atoms in total. The van der Waals surface area contributed by atoms with Crippen molar-refractivity contribution in [2.45, 2.75) is 205 Å². The largest absolute Gasteiger partial charge is 0.478 e. The van der Waals surface area contributed by atoms with E-state index in [0.717, 1.165) is 48.2 Å². The lowest BCUT2D eigenvalue weighted by molar-refractivity contribution is 0.0118. The minimum atomic E-state index is -4.36. The molecule has 4 atom stereocenters. The lowest BCUT2D eigenvalue weighted by Crippen LogP contribution is -2.45. The zero-order valence-electron chi connectivity index (χ0n) is 57.7. The molecule has 0 aliphatic carbocycles. The number of amides is 3. The number of pyridine rings is 6. The highest BCUT2D eigenvalue weighted by atomic mass is 79.9. The number of hydrogen-bond acceptors (Lipinski definition) is 18. The van der Waals surface area contributed by atoms with Gasteiger partial charge in [0.05, 0.1) is 34.6 Å². The molecule has 8 rings (SSSR count). The van der Waals surface area contributed by atoms with E-state index in [4.69, 9.17) is 47.9 Å². The van der Waals surface area contributed by atoms with Gasteiger partial charge in [-0.05, 0) is 246 Å². The first-order valence-electron chi connectivity index (χ1n) is 31.5. The van der Waals surface area contributed by atoms with E-state index >= 15 is 0 Å². The Hall–Kier alpha value is -6.62. The number of sulfonamides is 2. The number of rotatable bonds is 17. The Morgan fingerprint density at radius 2 is 1.00 bits per heavy atom. The van der Waals surface area contributed by atoms with Crippen LogP contribution in [0.4, 0.5) is 21.2 Å². The molecule has 6 N–H and O–H groups in total. The highest BCUT2D eigenvalue weighted by Gasteiger charge is 2.45. The Morgan fingerprint density at radius 3 is 1.37 bits per heavy atom. The van der Waals surface area contributed by atoms with Crippen molar-refractivity contribution in [1.82, 2.24) is 44.4 Å². The number of aromatic carboxylic acids is 1. The third kappa shape index (κ3) is 23.5. The molecule has 0 aromatic carbocycles. The number of carboxylic acid groups (broad SMARTS) is 1. The van der Waals surface area contributed by atoms with Crippen LogP contribution in [0.1, 0.15) is 205 Å². The fraction of sp³-hybridized carbons (Fsp3) is 0.500. The van der Waals surface area contributed by atoms with E-state index < -0.39 is 43.1 Å². The Bertz CT molecular complexity index is 4050. The summed E-state index contributed by atoms with van der Waals surface area (Å²) < 4.78 is 64.5. The number of primary sulfonamides is 1. The highest BCUT2D eigenvalue weighted by molar-refractivity contribution is 9.10. The number of likely N-dealkylation sites (tertiary alicyclic amines) is 2. The van der Waals surface area contributed by atoms with Gasteiger partial charge >= 0.3 is 18.2 Å². The molecule has 0 saturated carbocycles. The van der Waals surface area contributed by atoms with Gasteiger partial charge in [0.1, 0.15) is 42.4 Å². The number of anilines is 2. The van der Waals surface area contributed by atoms with Crippen LogP contribution in [0, 0.1) is 11.8 Å². The first kappa shape index (κ1) is 79.4. The third-order valence-corrected chi connectivity index (χ3v) is 19.4. The van der Waals surface area contributed by atoms with Crippen molar-refractivity contribution >= 4 is 111 Å². The van der Waals surface area contributed by atoms with Crippen molar-refractivity contribution in [3.05, 3.63) is 150 Å². The van der Waals surface area contributed by atoms with Crippen molar-refractivity contribution in [2.75, 3.05) is 23.7 Å². The van der Waals surface area contributed by atoms with Crippen LogP contribution in [0.5, 0.6) is 0 Å². The summed E-state index contributed by atoms with van der Waals surface area (Å²) >= 11 is 17.8. The summed E-state index contributed by atoms with van der Waals surface area (Å²) in [6.07, 6.45) is 7.57. The van der Waals surface area contributed by atoms with Gasteiger partial charge in [-0.3, -0.25) is 14.8 Å². The number of carbonyl (C=O) groups is 4. The Labute approximate surface area is 597 Å². The van der Waals surface area contributed by atoms with Crippen LogP contribution in [0.25, 0.3) is 0 Å². The van der Waals surface area contributed by atoms with Gasteiger partial charge in [0.15, 0.2) is 10.1 Å². The molecule has 97 heavy (non-hydrogen) atoms. The lowest BCUT2D eigenvalue weighted by atomic mass is 9.86. The smallest absolute Gasteiger partial charge is 0.410 e. The van der Waals surface area contributed by atoms with Gasteiger partial charge < -0.3 is 35.0 Å². The van der Waals surface area contributed by atoms with Crippen LogP contribution in [-0.4, -0.2) is 121 Å². The van der Waals surface area contributed by atoms with E-state index in [9.17, 15) is 36.0 Å². The van der Waals surface area contributed by atoms with Gasteiger partial charge in [0, 0.05) is 36.6 Å². The minimum Gasteiger partial charge on any atom is -0.478 e. The van der Waals surface area contributed by atoms with Crippen LogP contribution < -0.4 is 20.5 Å². The lowest BCUT2D eigenvalue weighted by Gasteiger charge is -2.33. The summed E-state index contributed by atoms with van der Waals surface area (Å²) in [4.78, 5) is 78.3. The van der Waals surface area contributed by atoms with E-state index in [1.54, 1.807) is 30.5 Å². The van der Waals surface area contributed by atoms with Gasteiger partial charge in [-0.25, -0.2) is 52.6 Å². The molecule has 6 aromatic heterocycles. The molecule has 2 unspecified atom stereocenters. The molecule has 2 saturated heterocycles. The molecule has 6 aromatic rings. The summed E-state index contributed by atoms with van der Waals surface area (Å²) in [6, 6.07) is 22.6. The van der Waals surface area contributed by atoms with Crippen LogP contribution in [0.3, 0.4) is 0 Å². The normalized spacial score (nSPS) is 16.9. The van der Waals surface area contributed by atoms with Crippen LogP contribution in [-0.2, 0) is 40.4 Å². The summed E-state index contributed by atoms with van der Waals surface area (Å²) in [6.45, 7) is 33.5. The zero-order valence-corrected chi connectivity index (χ0v) is 64.0. The Morgan fingerprint density at radius 1 is 0.608 bits per heavy atom. The average molecular weight is 1550 g/mol. The first-order chi connectivity index (χ1) is 44.6. The van der Waals surface area contributed by atoms with Crippen molar-refractivity contribution in [3.8, 4) is 0 Å². The molecule has 0 bridgehead atoms. The summed E-state index contributed by atoms with van der Waals surface area (Å²) in [5, 5.41) is 19.9. The number of carboxylic acids is 1. The highest BCUT2D eigenvalue weighted by Crippen LogP contribution is 2.40. The number of aromatic nitrogens is 6. The van der Waals surface area contributed by atoms with Gasteiger partial charge in [0.2, 0.25) is 0 Å². The molecule has 29 heteroatoms. The standard InChI is InChI=1S/C34H44BrClN6O5S.C28H43N5O4S.C6H3BrClNO2/c1-32(2,3)22-16-17-37-25(18-22)24(14-12-21-19-34(7,8)42(20-21)31(44)47-33(4,5)6)38-27-10-9-11-28(40-27)48(45,46)41-30(43)23-13-15-26(35)39-29(23)36;1-26(2,3)20-14-15-30-22(16-20)21(31-23-10-9-11-24(32-23)38(29,35)36)13-12-19-17-28(7,8)33(18-19)25(34)37-27(4,5)6;7-4-2-1-3(6(10)11)5(8)9-4/h9-11,13,15-18,21,24H,12,14,19-20H2,1-8H3,(H,38,40)(H,41,43);9-11,14-16,19,21H,12-13,17-18H2,1-8H3,(H,31,32)(H2,29,35,36);1-2H,(H,10,11)/t21-,24?;19-,21?;/m00./s1. The number of ether oxygens (including phenoxy) is 2. The van der Waals surface area contributed by atoms with Crippen molar-refractivity contribution < 1.29 is 50.6 Å². The van der Waals surface area contributed by atoms with E-state index in [-0.39, 0.29) is 89.5 Å². The average Bonchev–Trinajstić information content (AvgIpc) is 1.77. The van der Waals surface area contributed by atoms with Crippen LogP contribution in [0.15, 0.2) is 117 Å². The number of halogens is 4. The number of hydrogen-bond donors (Lipinski definition) is 5. The first-order valence-corrected chi connectivity index (χ1v) is 36.9. The van der Waals surface area contributed by atoms with Gasteiger partial charge in [0.25, 0.3) is 26.0 Å². The number of nitrogens with two attached hydrogens (primary N) is 1. The maximum atomic E-state index is 13.2. The van der Waals surface area contributed by atoms with E-state index in [2.05, 4.69) is 149 Å². The third-order valence-electron chi connectivity index (χ3n) is 15.9. The molecular formula is C68H90Br2Cl2N12O11S2. The van der Waals surface area contributed by atoms with E-state index in [1.165, 1.54) is 36.4 Å². The molecule has 8 heterocycles. The summed E-state index contributed by atoms with van der Waals surface area (Å²) in [5.74, 6) is -0.819. The molecule has 0 radical (unpaired) electrons. The molecule has 3 amide bonds. The molecule has 528 valence electrons. The van der Waals surface area contributed by atoms with Gasteiger partial charge in [-0.1, -0.05) is 76.9 Å². The molecule has 2 fully saturated rings. The van der Waals surface area contributed by atoms with E-state index in [0.29, 0.717) is 46.8 Å². The topological polar surface area (TPSA) is 321 Å². The maximum absolute atomic E-state index is 13.2. The fourth-order valence-electron chi connectivity index (χ4n) is 11.1. The van der Waals surface area contributed by atoms with Crippen LogP contribution in [0.2, 0.25) is 10.3 Å². The quantitative estimate of drug-likeness (QED) is 0.0530. The molecular weight excluding hydrogens is 1460 g/mol. The number of nitrogens with zero attached hydrogens (tertiary/aromatic N) is 8. The Kier molecular flexibility index (Phi) is 25.9. The second-order valence-electron chi connectivity index (χ2n) is 29.4. The van der Waals surface area contributed by atoms with Gasteiger partial charge in [-0.15, -0.1) is 0 Å². The van der Waals surface area contributed by atoms with E-state index in [1.807, 2.05) is 74.4 Å². The molecule has 2 aliphatic rings. The SMILES string of the molecule is CC(C)(C)OC(=O)N1C[C@@H](CCC(Nc2cccc(S(=O)(=O)NC(=O)c3ccc(Br)nc3Cl)n2)c2cc(C(C)(C)C)ccn2)CC1(C)C.CC(C)(C)OC(=O)N1C[C@@H](CCC(Nc2cccc(S(N)(=O)=O)n2)c2cc(C(C)(C)C)ccn2)CC1(C)C.O=C(O)c1ccc(Br)nc1Cl. The predicted octanol–water partition coefficient (Wildman–Crippen LogP) is 15.3. The minimum absolute atomic E-state index is 0.00752. The monoisotopic (exact) mass is 1540 g/mol. The van der Waals surface area contributed by atoms with Crippen molar-refractivity contribution in [2.24, 2.45) is 17.0 Å². The number of nitrogens with one attached hydrogen (secondary N) is 3. The summed E-state index contributed by atoms with van der Waals surface area (Å²) in [5.41, 5.74) is 1.79. The predicted molar refractivity (Wildman–Crippen MR) is 383 cm³/mol. The molecule has 2 aliphatic heterocycles. The number of carbonyl (C=O) groups excluding carboxylic acids is 3.